The number of hydrogen-bond acceptors (Lipinski definition) is 4. The Hall–Kier alpha value is -1.04. The van der Waals surface area contributed by atoms with Gasteiger partial charge in [-0.25, -0.2) is 4.79 Å². The van der Waals surface area contributed by atoms with E-state index >= 15 is 0 Å². The zero-order valence-electron chi connectivity index (χ0n) is 9.99. The van der Waals surface area contributed by atoms with Crippen molar-refractivity contribution in [2.45, 2.75) is 32.7 Å². The van der Waals surface area contributed by atoms with E-state index in [2.05, 4.69) is 5.32 Å². The SMILES string of the molecule is CC1(C)C(=O)NC(=O)N(C2CCCSC2)C1=O. The molecule has 0 aliphatic carbocycles. The maximum absolute atomic E-state index is 12.2. The molecule has 0 radical (unpaired) electrons. The van der Waals surface area contributed by atoms with Crippen LogP contribution >= 0.6 is 11.8 Å². The molecule has 5 nitrogen and oxygen atoms in total. The standard InChI is InChI=1S/C11H16N2O3S/c1-11(2)8(14)12-10(16)13(9(11)15)7-4-3-5-17-6-7/h7H,3-6H2,1-2H3,(H,12,14,16). The van der Waals surface area contributed by atoms with E-state index in [1.165, 1.54) is 4.90 Å². The second-order valence-electron chi connectivity index (χ2n) is 4.93. The average Bonchev–Trinajstić information content (AvgIpc) is 2.28. The zero-order chi connectivity index (χ0) is 12.6. The summed E-state index contributed by atoms with van der Waals surface area (Å²) >= 11 is 1.74. The number of carbonyl (C=O) groups is 3. The van der Waals surface area contributed by atoms with Crippen LogP contribution in [0.25, 0.3) is 0 Å². The second-order valence-corrected chi connectivity index (χ2v) is 6.08. The summed E-state index contributed by atoms with van der Waals surface area (Å²) in [5.41, 5.74) is -1.14. The summed E-state index contributed by atoms with van der Waals surface area (Å²) < 4.78 is 0. The molecular weight excluding hydrogens is 240 g/mol. The number of nitrogens with one attached hydrogen (secondary N) is 1. The van der Waals surface area contributed by atoms with Crippen LogP contribution in [0.1, 0.15) is 26.7 Å². The quantitative estimate of drug-likeness (QED) is 0.710. The number of nitrogens with zero attached hydrogens (tertiary/aromatic N) is 1. The largest absolute Gasteiger partial charge is 0.331 e. The predicted molar refractivity (Wildman–Crippen MR) is 64.5 cm³/mol. The lowest BCUT2D eigenvalue weighted by molar-refractivity contribution is -0.150. The van der Waals surface area contributed by atoms with E-state index in [4.69, 9.17) is 0 Å². The molecule has 2 aliphatic heterocycles. The molecule has 0 aromatic rings. The highest BCUT2D eigenvalue weighted by Gasteiger charge is 2.49. The highest BCUT2D eigenvalue weighted by atomic mass is 32.2. The third-order valence-electron chi connectivity index (χ3n) is 3.26. The molecule has 4 amide bonds. The Bertz CT molecular complexity index is 375. The van der Waals surface area contributed by atoms with Gasteiger partial charge in [-0.15, -0.1) is 0 Å². The maximum Gasteiger partial charge on any atom is 0.331 e. The average molecular weight is 256 g/mol. The Kier molecular flexibility index (Phi) is 3.16. The number of thioether (sulfide) groups is 1. The number of imide groups is 2. The molecule has 0 saturated carbocycles. The third kappa shape index (κ3) is 2.06. The molecule has 0 bridgehead atoms. The number of hydrogen-bond donors (Lipinski definition) is 1. The van der Waals surface area contributed by atoms with Crippen molar-refractivity contribution in [1.82, 2.24) is 10.2 Å². The van der Waals surface area contributed by atoms with E-state index in [0.717, 1.165) is 24.3 Å². The summed E-state index contributed by atoms with van der Waals surface area (Å²) in [5.74, 6) is 0.956. The highest BCUT2D eigenvalue weighted by Crippen LogP contribution is 2.29. The number of carbonyl (C=O) groups excluding carboxylic acids is 3. The molecule has 94 valence electrons. The van der Waals surface area contributed by atoms with E-state index in [1.54, 1.807) is 25.6 Å². The third-order valence-corrected chi connectivity index (χ3v) is 4.46. The minimum absolute atomic E-state index is 0.0753. The first-order valence-electron chi connectivity index (χ1n) is 5.71. The van der Waals surface area contributed by atoms with E-state index in [1.807, 2.05) is 0 Å². The molecule has 1 unspecified atom stereocenters. The highest BCUT2D eigenvalue weighted by molar-refractivity contribution is 7.99. The summed E-state index contributed by atoms with van der Waals surface area (Å²) in [6, 6.07) is -0.638. The second kappa shape index (κ2) is 4.33. The van der Waals surface area contributed by atoms with Gasteiger partial charge in [0.2, 0.25) is 11.8 Å². The molecule has 6 heteroatoms. The lowest BCUT2D eigenvalue weighted by Crippen LogP contribution is -2.65. The van der Waals surface area contributed by atoms with E-state index in [9.17, 15) is 14.4 Å². The van der Waals surface area contributed by atoms with Crippen molar-refractivity contribution in [2.24, 2.45) is 5.41 Å². The molecule has 2 fully saturated rings. The molecule has 0 spiro atoms. The summed E-state index contributed by atoms with van der Waals surface area (Å²) in [4.78, 5) is 36.8. The minimum atomic E-state index is -1.14. The smallest absolute Gasteiger partial charge is 0.277 e. The summed E-state index contributed by atoms with van der Waals surface area (Å²) in [7, 11) is 0. The fourth-order valence-electron chi connectivity index (χ4n) is 2.06. The molecule has 17 heavy (non-hydrogen) atoms. The van der Waals surface area contributed by atoms with Gasteiger partial charge < -0.3 is 0 Å². The monoisotopic (exact) mass is 256 g/mol. The molecule has 0 aromatic heterocycles. The van der Waals surface area contributed by atoms with Gasteiger partial charge in [-0.05, 0) is 32.4 Å². The van der Waals surface area contributed by atoms with Crippen molar-refractivity contribution < 1.29 is 14.4 Å². The fourth-order valence-corrected chi connectivity index (χ4v) is 3.19. The van der Waals surface area contributed by atoms with Crippen LogP contribution in [0.5, 0.6) is 0 Å². The Morgan fingerprint density at radius 3 is 2.65 bits per heavy atom. The number of rotatable bonds is 1. The Balaban J connectivity index is 2.23. The lowest BCUT2D eigenvalue weighted by atomic mass is 9.88. The molecule has 2 saturated heterocycles. The van der Waals surface area contributed by atoms with Crippen LogP contribution in [0.2, 0.25) is 0 Å². The lowest BCUT2D eigenvalue weighted by Gasteiger charge is -2.40. The number of urea groups is 1. The Morgan fingerprint density at radius 1 is 1.35 bits per heavy atom. The minimum Gasteiger partial charge on any atom is -0.277 e. The summed E-state index contributed by atoms with van der Waals surface area (Å²) in [6.45, 7) is 3.11. The van der Waals surface area contributed by atoms with Crippen molar-refractivity contribution in [3.63, 3.8) is 0 Å². The first-order valence-corrected chi connectivity index (χ1v) is 6.87. The van der Waals surface area contributed by atoms with Gasteiger partial charge in [0.05, 0.1) is 6.04 Å². The van der Waals surface area contributed by atoms with Gasteiger partial charge in [-0.3, -0.25) is 19.8 Å². The molecule has 2 heterocycles. The molecule has 1 N–H and O–H groups in total. The maximum atomic E-state index is 12.2. The summed E-state index contributed by atoms with van der Waals surface area (Å²) in [6.07, 6.45) is 1.83. The number of amides is 4. The van der Waals surface area contributed by atoms with Crippen molar-refractivity contribution in [2.75, 3.05) is 11.5 Å². The molecular formula is C11H16N2O3S. The molecule has 2 aliphatic rings. The van der Waals surface area contributed by atoms with Crippen molar-refractivity contribution in [3.05, 3.63) is 0 Å². The van der Waals surface area contributed by atoms with E-state index < -0.39 is 17.4 Å². The first kappa shape index (κ1) is 12.4. The summed E-state index contributed by atoms with van der Waals surface area (Å²) in [5, 5.41) is 2.27. The van der Waals surface area contributed by atoms with Crippen LogP contribution in [0, 0.1) is 5.41 Å². The fraction of sp³-hybridized carbons (Fsp3) is 0.727. The molecule has 2 rings (SSSR count). The van der Waals surface area contributed by atoms with E-state index in [0.29, 0.717) is 0 Å². The Morgan fingerprint density at radius 2 is 2.06 bits per heavy atom. The van der Waals surface area contributed by atoms with Gasteiger partial charge in [-0.2, -0.15) is 11.8 Å². The van der Waals surface area contributed by atoms with Crippen molar-refractivity contribution in [1.29, 1.82) is 0 Å². The van der Waals surface area contributed by atoms with Gasteiger partial charge in [0.15, 0.2) is 0 Å². The van der Waals surface area contributed by atoms with Crippen molar-refractivity contribution in [3.8, 4) is 0 Å². The van der Waals surface area contributed by atoms with Gasteiger partial charge in [0.25, 0.3) is 0 Å². The Labute approximate surface area is 104 Å². The zero-order valence-corrected chi connectivity index (χ0v) is 10.8. The van der Waals surface area contributed by atoms with Crippen LogP contribution < -0.4 is 5.32 Å². The van der Waals surface area contributed by atoms with Crippen LogP contribution in [-0.4, -0.2) is 40.3 Å². The van der Waals surface area contributed by atoms with E-state index in [-0.39, 0.29) is 11.9 Å². The molecule has 0 aromatic carbocycles. The normalized spacial score (nSPS) is 29.2. The van der Waals surface area contributed by atoms with Gasteiger partial charge in [0, 0.05) is 5.75 Å². The van der Waals surface area contributed by atoms with Crippen molar-refractivity contribution >= 4 is 29.6 Å². The topological polar surface area (TPSA) is 66.5 Å². The van der Waals surface area contributed by atoms with Crippen LogP contribution in [-0.2, 0) is 9.59 Å². The van der Waals surface area contributed by atoms with Crippen LogP contribution in [0.15, 0.2) is 0 Å². The molecule has 1 atom stereocenters. The first-order chi connectivity index (χ1) is 7.94. The van der Waals surface area contributed by atoms with Gasteiger partial charge in [0.1, 0.15) is 5.41 Å². The predicted octanol–water partition coefficient (Wildman–Crippen LogP) is 0.987. The van der Waals surface area contributed by atoms with Gasteiger partial charge in [-0.1, -0.05) is 0 Å². The van der Waals surface area contributed by atoms with Crippen LogP contribution in [0.3, 0.4) is 0 Å². The number of barbiturate groups is 1. The van der Waals surface area contributed by atoms with Gasteiger partial charge >= 0.3 is 6.03 Å². The van der Waals surface area contributed by atoms with Crippen LogP contribution in [0.4, 0.5) is 4.79 Å².